The molecule has 1 aliphatic heterocycles. The van der Waals surface area contributed by atoms with Crippen molar-refractivity contribution in [1.82, 2.24) is 9.29 Å². The van der Waals surface area contributed by atoms with Crippen molar-refractivity contribution in [2.45, 2.75) is 23.8 Å². The fourth-order valence-corrected chi connectivity index (χ4v) is 5.29. The molecule has 3 aromatic rings. The van der Waals surface area contributed by atoms with E-state index in [2.05, 4.69) is 10.3 Å². The third kappa shape index (κ3) is 4.92. The van der Waals surface area contributed by atoms with Crippen molar-refractivity contribution in [1.29, 1.82) is 0 Å². The van der Waals surface area contributed by atoms with Crippen LogP contribution in [0.3, 0.4) is 0 Å². The molecule has 0 bridgehead atoms. The number of anilines is 1. The molecule has 2 aromatic carbocycles. The molecule has 1 atom stereocenters. The second kappa shape index (κ2) is 9.42. The van der Waals surface area contributed by atoms with Gasteiger partial charge in [0, 0.05) is 18.4 Å². The number of aromatic nitrogens is 1. The Hall–Kier alpha value is -3.36. The Balaban J connectivity index is 1.48. The van der Waals surface area contributed by atoms with E-state index < -0.39 is 21.9 Å². The van der Waals surface area contributed by atoms with Gasteiger partial charge in [0.25, 0.3) is 0 Å². The van der Waals surface area contributed by atoms with E-state index in [1.165, 1.54) is 16.4 Å². The molecule has 1 unspecified atom stereocenters. The van der Waals surface area contributed by atoms with Gasteiger partial charge in [-0.3, -0.25) is 9.78 Å². The maximum atomic E-state index is 13.2. The van der Waals surface area contributed by atoms with E-state index in [-0.39, 0.29) is 17.3 Å². The summed E-state index contributed by atoms with van der Waals surface area (Å²) in [6.45, 7) is 0.241. The fraction of sp³-hybridized carbons (Fsp3) is 0.167. The predicted octanol–water partition coefficient (Wildman–Crippen LogP) is 4.18. The molecule has 0 radical (unpaired) electrons. The highest BCUT2D eigenvalue weighted by Crippen LogP contribution is 2.27. The Morgan fingerprint density at radius 1 is 1.06 bits per heavy atom. The first kappa shape index (κ1) is 21.9. The zero-order valence-corrected chi connectivity index (χ0v) is 18.0. The summed E-state index contributed by atoms with van der Waals surface area (Å²) in [5.74, 6) is -0.907. The van der Waals surface area contributed by atoms with Gasteiger partial charge in [-0.25, -0.2) is 12.8 Å². The van der Waals surface area contributed by atoms with E-state index in [4.69, 9.17) is 0 Å². The molecule has 164 valence electrons. The number of hydrogen-bond acceptors (Lipinski definition) is 4. The van der Waals surface area contributed by atoms with Crippen molar-refractivity contribution in [3.63, 3.8) is 0 Å². The summed E-state index contributed by atoms with van der Waals surface area (Å²) in [7, 11) is -3.90. The number of rotatable bonds is 6. The van der Waals surface area contributed by atoms with Gasteiger partial charge in [0.2, 0.25) is 15.9 Å². The van der Waals surface area contributed by atoms with Gasteiger partial charge in [-0.1, -0.05) is 24.3 Å². The highest BCUT2D eigenvalue weighted by molar-refractivity contribution is 7.89. The number of carbonyl (C=O) groups is 1. The number of carbonyl (C=O) groups excluding carboxylic acids is 1. The molecular formula is C24H22FN3O3S. The van der Waals surface area contributed by atoms with Crippen molar-refractivity contribution >= 4 is 33.8 Å². The molecule has 2 heterocycles. The number of nitrogens with zero attached hydrogens (tertiary/aromatic N) is 2. The minimum atomic E-state index is -3.90. The topological polar surface area (TPSA) is 79.4 Å². The van der Waals surface area contributed by atoms with Crippen LogP contribution in [0.5, 0.6) is 0 Å². The summed E-state index contributed by atoms with van der Waals surface area (Å²) in [5.41, 5.74) is 2.26. The second-order valence-corrected chi connectivity index (χ2v) is 9.32. The first-order valence-electron chi connectivity index (χ1n) is 10.2. The van der Waals surface area contributed by atoms with Crippen LogP contribution in [0.4, 0.5) is 10.1 Å². The quantitative estimate of drug-likeness (QED) is 0.610. The van der Waals surface area contributed by atoms with Crippen LogP contribution in [0.15, 0.2) is 77.8 Å². The van der Waals surface area contributed by atoms with Crippen molar-refractivity contribution in [3.05, 3.63) is 90.0 Å². The van der Waals surface area contributed by atoms with E-state index in [1.807, 2.05) is 48.6 Å². The SMILES string of the molecule is O=C(Nc1cccc(/C=C/c2ccccn2)c1)C1CCCN1S(=O)(=O)c1ccc(F)cc1. The van der Waals surface area contributed by atoms with Crippen molar-refractivity contribution in [2.75, 3.05) is 11.9 Å². The number of nitrogens with one attached hydrogen (secondary N) is 1. The first-order valence-corrected chi connectivity index (χ1v) is 11.6. The molecule has 32 heavy (non-hydrogen) atoms. The number of hydrogen-bond donors (Lipinski definition) is 1. The van der Waals surface area contributed by atoms with E-state index in [0.717, 1.165) is 23.4 Å². The average Bonchev–Trinajstić information content (AvgIpc) is 3.30. The molecular weight excluding hydrogens is 429 g/mol. The van der Waals surface area contributed by atoms with Crippen LogP contribution in [-0.4, -0.2) is 36.2 Å². The molecule has 1 aliphatic rings. The zero-order chi connectivity index (χ0) is 22.6. The summed E-state index contributed by atoms with van der Waals surface area (Å²) >= 11 is 0. The fourth-order valence-electron chi connectivity index (χ4n) is 3.63. The maximum Gasteiger partial charge on any atom is 0.243 e. The lowest BCUT2D eigenvalue weighted by molar-refractivity contribution is -0.119. The molecule has 6 nitrogen and oxygen atoms in total. The molecule has 1 amide bonds. The van der Waals surface area contributed by atoms with Gasteiger partial charge >= 0.3 is 0 Å². The largest absolute Gasteiger partial charge is 0.325 e. The summed E-state index contributed by atoms with van der Waals surface area (Å²) < 4.78 is 40.4. The molecule has 0 aliphatic carbocycles. The van der Waals surface area contributed by atoms with Gasteiger partial charge in [0.1, 0.15) is 11.9 Å². The van der Waals surface area contributed by atoms with E-state index in [0.29, 0.717) is 18.5 Å². The summed E-state index contributed by atoms with van der Waals surface area (Å²) in [4.78, 5) is 17.2. The summed E-state index contributed by atoms with van der Waals surface area (Å²) in [6, 6.07) is 16.7. The average molecular weight is 452 g/mol. The monoisotopic (exact) mass is 451 g/mol. The normalized spacial score (nSPS) is 17.0. The molecule has 8 heteroatoms. The molecule has 1 fully saturated rings. The van der Waals surface area contributed by atoms with Crippen LogP contribution in [-0.2, 0) is 14.8 Å². The first-order chi connectivity index (χ1) is 15.4. The van der Waals surface area contributed by atoms with Crippen LogP contribution < -0.4 is 5.32 Å². The summed E-state index contributed by atoms with van der Waals surface area (Å²) in [5, 5.41) is 2.83. The molecule has 1 aromatic heterocycles. The van der Waals surface area contributed by atoms with Crippen LogP contribution in [0.2, 0.25) is 0 Å². The lowest BCUT2D eigenvalue weighted by Crippen LogP contribution is -2.43. The minimum absolute atomic E-state index is 0.0275. The van der Waals surface area contributed by atoms with E-state index in [1.54, 1.807) is 12.3 Å². The third-order valence-corrected chi connectivity index (χ3v) is 7.14. The highest BCUT2D eigenvalue weighted by Gasteiger charge is 2.39. The second-order valence-electron chi connectivity index (χ2n) is 7.43. The Morgan fingerprint density at radius 3 is 2.62 bits per heavy atom. The molecule has 0 spiro atoms. The number of halogens is 1. The minimum Gasteiger partial charge on any atom is -0.325 e. The smallest absolute Gasteiger partial charge is 0.243 e. The number of benzene rings is 2. The third-order valence-electron chi connectivity index (χ3n) is 5.22. The summed E-state index contributed by atoms with van der Waals surface area (Å²) in [6.07, 6.45) is 6.47. The Morgan fingerprint density at radius 2 is 1.88 bits per heavy atom. The van der Waals surface area contributed by atoms with Crippen LogP contribution >= 0.6 is 0 Å². The molecule has 4 rings (SSSR count). The van der Waals surface area contributed by atoms with Gasteiger partial charge in [-0.15, -0.1) is 0 Å². The molecule has 1 N–H and O–H groups in total. The number of amides is 1. The van der Waals surface area contributed by atoms with Gasteiger partial charge < -0.3 is 5.32 Å². The number of pyridine rings is 1. The Bertz CT molecular complexity index is 1230. The molecule has 0 saturated carbocycles. The van der Waals surface area contributed by atoms with Gasteiger partial charge in [-0.05, 0) is 73.0 Å². The van der Waals surface area contributed by atoms with Crippen molar-refractivity contribution in [3.8, 4) is 0 Å². The molecule has 1 saturated heterocycles. The van der Waals surface area contributed by atoms with Crippen molar-refractivity contribution < 1.29 is 17.6 Å². The highest BCUT2D eigenvalue weighted by atomic mass is 32.2. The van der Waals surface area contributed by atoms with Crippen LogP contribution in [0, 0.1) is 5.82 Å². The van der Waals surface area contributed by atoms with Gasteiger partial charge in [-0.2, -0.15) is 4.31 Å². The lowest BCUT2D eigenvalue weighted by atomic mass is 10.1. The van der Waals surface area contributed by atoms with E-state index in [9.17, 15) is 17.6 Å². The standard InChI is InChI=1S/C24H22FN3O3S/c25-19-10-13-22(14-11-19)32(30,31)28-16-4-8-23(28)24(29)27-21-7-3-5-18(17-21)9-12-20-6-1-2-15-26-20/h1-3,5-7,9-15,17,23H,4,8,16H2,(H,27,29)/b12-9+. The number of sulfonamides is 1. The van der Waals surface area contributed by atoms with Crippen LogP contribution in [0.25, 0.3) is 12.2 Å². The zero-order valence-electron chi connectivity index (χ0n) is 17.2. The van der Waals surface area contributed by atoms with Gasteiger partial charge in [0.15, 0.2) is 0 Å². The van der Waals surface area contributed by atoms with Crippen LogP contribution in [0.1, 0.15) is 24.1 Å². The predicted molar refractivity (Wildman–Crippen MR) is 122 cm³/mol. The van der Waals surface area contributed by atoms with Crippen molar-refractivity contribution in [2.24, 2.45) is 0 Å². The van der Waals surface area contributed by atoms with Gasteiger partial charge in [0.05, 0.1) is 10.6 Å². The lowest BCUT2D eigenvalue weighted by Gasteiger charge is -2.23. The maximum absolute atomic E-state index is 13.2. The van der Waals surface area contributed by atoms with E-state index >= 15 is 0 Å². The Kier molecular flexibility index (Phi) is 6.43. The Labute approximate surface area is 186 Å².